The van der Waals surface area contributed by atoms with Crippen LogP contribution in [0.25, 0.3) is 5.70 Å². The predicted octanol–water partition coefficient (Wildman–Crippen LogP) is 3.73. The SMILES string of the molecule is C=C1NCN2c3ccccc3Sc3cc([N+](=O)[O-])cc1c32. The summed E-state index contributed by atoms with van der Waals surface area (Å²) in [7, 11) is 0. The number of para-hydroxylation sites is 1. The molecule has 0 fully saturated rings. The Balaban J connectivity index is 2.00. The Hall–Kier alpha value is -2.47. The lowest BCUT2D eigenvalue weighted by molar-refractivity contribution is -0.385. The van der Waals surface area contributed by atoms with Crippen molar-refractivity contribution in [3.63, 3.8) is 0 Å². The van der Waals surface area contributed by atoms with Crippen molar-refractivity contribution in [3.8, 4) is 0 Å². The van der Waals surface area contributed by atoms with E-state index in [1.165, 1.54) is 0 Å². The van der Waals surface area contributed by atoms with Crippen molar-refractivity contribution in [2.45, 2.75) is 9.79 Å². The van der Waals surface area contributed by atoms with E-state index in [9.17, 15) is 10.1 Å². The Morgan fingerprint density at radius 1 is 1.29 bits per heavy atom. The van der Waals surface area contributed by atoms with Crippen molar-refractivity contribution in [1.82, 2.24) is 5.32 Å². The third-order valence-corrected chi connectivity index (χ3v) is 4.79. The van der Waals surface area contributed by atoms with Crippen LogP contribution >= 0.6 is 11.8 Å². The third-order valence-electron chi connectivity index (χ3n) is 3.69. The van der Waals surface area contributed by atoms with Crippen LogP contribution in [0.4, 0.5) is 17.1 Å². The van der Waals surface area contributed by atoms with Gasteiger partial charge in [-0.05, 0) is 12.1 Å². The molecule has 2 heterocycles. The zero-order valence-electron chi connectivity index (χ0n) is 11.0. The number of anilines is 2. The molecule has 0 aromatic heterocycles. The number of nitro benzene ring substituents is 1. The van der Waals surface area contributed by atoms with E-state index in [4.69, 9.17) is 0 Å². The van der Waals surface area contributed by atoms with Crippen LogP contribution in [0.1, 0.15) is 5.56 Å². The van der Waals surface area contributed by atoms with E-state index in [1.54, 1.807) is 23.9 Å². The molecule has 0 spiro atoms. The molecule has 0 saturated carbocycles. The van der Waals surface area contributed by atoms with E-state index in [-0.39, 0.29) is 10.6 Å². The minimum atomic E-state index is -0.357. The zero-order valence-corrected chi connectivity index (χ0v) is 11.8. The van der Waals surface area contributed by atoms with Gasteiger partial charge in [0.05, 0.1) is 23.0 Å². The zero-order chi connectivity index (χ0) is 14.6. The molecule has 4 rings (SSSR count). The molecule has 21 heavy (non-hydrogen) atoms. The molecule has 6 heteroatoms. The minimum Gasteiger partial charge on any atom is -0.367 e. The molecule has 0 saturated heterocycles. The second-order valence-electron chi connectivity index (χ2n) is 4.91. The van der Waals surface area contributed by atoms with Crippen molar-refractivity contribution in [1.29, 1.82) is 0 Å². The summed E-state index contributed by atoms with van der Waals surface area (Å²) in [6.07, 6.45) is 0. The number of hydrogen-bond acceptors (Lipinski definition) is 5. The highest BCUT2D eigenvalue weighted by molar-refractivity contribution is 7.99. The van der Waals surface area contributed by atoms with E-state index in [2.05, 4.69) is 22.9 Å². The van der Waals surface area contributed by atoms with E-state index >= 15 is 0 Å². The number of nitro groups is 1. The third kappa shape index (κ3) is 1.72. The summed E-state index contributed by atoms with van der Waals surface area (Å²) in [4.78, 5) is 14.9. The molecular formula is C15H11N3O2S. The molecule has 5 nitrogen and oxygen atoms in total. The van der Waals surface area contributed by atoms with Crippen LogP contribution in [0, 0.1) is 10.1 Å². The normalized spacial score (nSPS) is 15.0. The van der Waals surface area contributed by atoms with E-state index < -0.39 is 0 Å². The van der Waals surface area contributed by atoms with Crippen LogP contribution in [-0.4, -0.2) is 11.6 Å². The lowest BCUT2D eigenvalue weighted by Gasteiger charge is -2.38. The van der Waals surface area contributed by atoms with Gasteiger partial charge in [-0.2, -0.15) is 0 Å². The summed E-state index contributed by atoms with van der Waals surface area (Å²) < 4.78 is 0. The smallest absolute Gasteiger partial charge is 0.271 e. The molecule has 0 aliphatic carbocycles. The molecule has 0 unspecified atom stereocenters. The Kier molecular flexibility index (Phi) is 2.49. The molecule has 0 atom stereocenters. The lowest BCUT2D eigenvalue weighted by Crippen LogP contribution is -2.36. The summed E-state index contributed by atoms with van der Waals surface area (Å²) in [5.74, 6) is 0. The van der Waals surface area contributed by atoms with Gasteiger partial charge in [0.1, 0.15) is 0 Å². The van der Waals surface area contributed by atoms with Crippen LogP contribution in [-0.2, 0) is 0 Å². The van der Waals surface area contributed by atoms with Crippen LogP contribution in [0.3, 0.4) is 0 Å². The van der Waals surface area contributed by atoms with Crippen LogP contribution in [0.2, 0.25) is 0 Å². The highest BCUT2D eigenvalue weighted by Gasteiger charge is 2.31. The van der Waals surface area contributed by atoms with Gasteiger partial charge in [-0.25, -0.2) is 0 Å². The number of fused-ring (bicyclic) bond motifs is 2. The number of nitrogens with one attached hydrogen (secondary N) is 1. The molecule has 2 aliphatic rings. The van der Waals surface area contributed by atoms with Crippen LogP contribution < -0.4 is 10.2 Å². The number of nitrogens with zero attached hydrogens (tertiary/aromatic N) is 2. The highest BCUT2D eigenvalue weighted by atomic mass is 32.2. The number of rotatable bonds is 1. The number of hydrogen-bond donors (Lipinski definition) is 1. The summed E-state index contributed by atoms with van der Waals surface area (Å²) >= 11 is 1.57. The molecule has 2 aromatic carbocycles. The first-order valence-electron chi connectivity index (χ1n) is 6.45. The predicted molar refractivity (Wildman–Crippen MR) is 82.8 cm³/mol. The molecule has 0 amide bonds. The summed E-state index contributed by atoms with van der Waals surface area (Å²) in [6, 6.07) is 11.3. The lowest BCUT2D eigenvalue weighted by atomic mass is 10.0. The fourth-order valence-corrected chi connectivity index (χ4v) is 3.89. The van der Waals surface area contributed by atoms with Crippen molar-refractivity contribution in [3.05, 3.63) is 58.7 Å². The van der Waals surface area contributed by atoms with Crippen molar-refractivity contribution >= 4 is 34.5 Å². The van der Waals surface area contributed by atoms with Crippen molar-refractivity contribution < 1.29 is 4.92 Å². The van der Waals surface area contributed by atoms with Gasteiger partial charge >= 0.3 is 0 Å². The Morgan fingerprint density at radius 2 is 2.10 bits per heavy atom. The summed E-state index contributed by atoms with van der Waals surface area (Å²) in [5, 5.41) is 14.3. The molecule has 2 aliphatic heterocycles. The molecule has 2 aromatic rings. The fourth-order valence-electron chi connectivity index (χ4n) is 2.72. The van der Waals surface area contributed by atoms with Crippen molar-refractivity contribution in [2.75, 3.05) is 11.6 Å². The van der Waals surface area contributed by atoms with Crippen LogP contribution in [0.15, 0.2) is 52.8 Å². The molecular weight excluding hydrogens is 286 g/mol. The number of non-ortho nitro benzene ring substituents is 1. The first kappa shape index (κ1) is 12.3. The average Bonchev–Trinajstić information content (AvgIpc) is 2.49. The van der Waals surface area contributed by atoms with E-state index in [1.807, 2.05) is 18.2 Å². The number of benzene rings is 2. The topological polar surface area (TPSA) is 58.4 Å². The van der Waals surface area contributed by atoms with Gasteiger partial charge < -0.3 is 10.2 Å². The maximum absolute atomic E-state index is 11.1. The minimum absolute atomic E-state index is 0.0976. The largest absolute Gasteiger partial charge is 0.367 e. The van der Waals surface area contributed by atoms with E-state index in [0.29, 0.717) is 6.67 Å². The average molecular weight is 297 g/mol. The standard InChI is InChI=1S/C15H11N3O2S/c1-9-11-6-10(18(19)20)7-14-15(11)17(8-16-9)12-4-2-3-5-13(12)21-14/h2-7,16H,1,8H2. The van der Waals surface area contributed by atoms with Gasteiger partial charge in [-0.3, -0.25) is 10.1 Å². The maximum atomic E-state index is 11.1. The molecule has 1 N–H and O–H groups in total. The second-order valence-corrected chi connectivity index (χ2v) is 5.99. The van der Waals surface area contributed by atoms with Gasteiger partial charge in [0.25, 0.3) is 5.69 Å². The Bertz CT molecular complexity index is 804. The summed E-state index contributed by atoms with van der Waals surface area (Å²) in [6.45, 7) is 4.60. The van der Waals surface area contributed by atoms with Gasteiger partial charge in [0.2, 0.25) is 0 Å². The highest BCUT2D eigenvalue weighted by Crippen LogP contribution is 2.52. The first-order chi connectivity index (χ1) is 10.1. The fraction of sp³-hybridized carbons (Fsp3) is 0.0667. The van der Waals surface area contributed by atoms with Gasteiger partial charge in [-0.1, -0.05) is 30.5 Å². The second kappa shape index (κ2) is 4.26. The maximum Gasteiger partial charge on any atom is 0.271 e. The van der Waals surface area contributed by atoms with E-state index in [0.717, 1.165) is 32.4 Å². The van der Waals surface area contributed by atoms with Gasteiger partial charge in [0, 0.05) is 33.2 Å². The van der Waals surface area contributed by atoms with Gasteiger partial charge in [-0.15, -0.1) is 0 Å². The summed E-state index contributed by atoms with van der Waals surface area (Å²) in [5.41, 5.74) is 3.75. The first-order valence-corrected chi connectivity index (χ1v) is 7.27. The van der Waals surface area contributed by atoms with Gasteiger partial charge in [0.15, 0.2) is 0 Å². The Morgan fingerprint density at radius 3 is 2.90 bits per heavy atom. The Labute approximate surface area is 125 Å². The molecule has 0 bridgehead atoms. The molecule has 0 radical (unpaired) electrons. The molecule has 104 valence electrons. The van der Waals surface area contributed by atoms with Crippen molar-refractivity contribution in [2.24, 2.45) is 0 Å². The monoisotopic (exact) mass is 297 g/mol. The van der Waals surface area contributed by atoms with Crippen LogP contribution in [0.5, 0.6) is 0 Å². The quantitative estimate of drug-likeness (QED) is 0.642.